The van der Waals surface area contributed by atoms with Crippen molar-refractivity contribution in [3.8, 4) is 10.4 Å². The summed E-state index contributed by atoms with van der Waals surface area (Å²) in [5, 5.41) is 3.19. The zero-order valence-corrected chi connectivity index (χ0v) is 18.2. The molecule has 0 radical (unpaired) electrons. The summed E-state index contributed by atoms with van der Waals surface area (Å²) in [4.78, 5) is 21.5. The number of nitrogens with one attached hydrogen (secondary N) is 2. The van der Waals surface area contributed by atoms with Crippen LogP contribution in [-0.4, -0.2) is 29.8 Å². The molecule has 0 spiro atoms. The van der Waals surface area contributed by atoms with Gasteiger partial charge in [0.25, 0.3) is 10.0 Å². The number of halogens is 1. The van der Waals surface area contributed by atoms with Crippen LogP contribution in [0.25, 0.3) is 10.4 Å². The molecule has 1 aromatic carbocycles. The van der Waals surface area contributed by atoms with Crippen molar-refractivity contribution in [2.24, 2.45) is 5.73 Å². The lowest BCUT2D eigenvalue weighted by Crippen LogP contribution is -2.37. The summed E-state index contributed by atoms with van der Waals surface area (Å²) in [7, 11) is -3.82. The Bertz CT molecular complexity index is 1220. The maximum Gasteiger partial charge on any atom is 0.261 e. The fourth-order valence-electron chi connectivity index (χ4n) is 2.75. The second-order valence-electron chi connectivity index (χ2n) is 7.02. The van der Waals surface area contributed by atoms with Gasteiger partial charge in [0.2, 0.25) is 5.91 Å². The van der Waals surface area contributed by atoms with Crippen molar-refractivity contribution in [3.05, 3.63) is 53.4 Å². The molecule has 1 fully saturated rings. The van der Waals surface area contributed by atoms with E-state index in [9.17, 15) is 13.2 Å². The van der Waals surface area contributed by atoms with Gasteiger partial charge in [-0.2, -0.15) is 0 Å². The predicted molar refractivity (Wildman–Crippen MR) is 117 cm³/mol. The third kappa shape index (κ3) is 4.17. The highest BCUT2D eigenvalue weighted by Crippen LogP contribution is 2.37. The fourth-order valence-corrected chi connectivity index (χ4v) is 4.98. The molecule has 2 aromatic heterocycles. The Kier molecular flexibility index (Phi) is 5.27. The molecule has 11 heteroatoms. The summed E-state index contributed by atoms with van der Waals surface area (Å²) in [6.07, 6.45) is 2.84. The molecule has 156 valence electrons. The molecule has 1 amide bonds. The molecule has 1 aliphatic carbocycles. The molecule has 1 saturated carbocycles. The number of aromatic nitrogens is 2. The first-order valence-electron chi connectivity index (χ1n) is 8.99. The van der Waals surface area contributed by atoms with Crippen LogP contribution in [0.3, 0.4) is 0 Å². The summed E-state index contributed by atoms with van der Waals surface area (Å²) >= 11 is 7.38. The molecule has 3 aromatic rings. The zero-order valence-electron chi connectivity index (χ0n) is 15.8. The predicted octanol–water partition coefficient (Wildman–Crippen LogP) is 3.40. The molecule has 4 rings (SSSR count). The Morgan fingerprint density at radius 1 is 1.27 bits per heavy atom. The van der Waals surface area contributed by atoms with Gasteiger partial charge in [0.05, 0.1) is 26.7 Å². The number of rotatable bonds is 6. The summed E-state index contributed by atoms with van der Waals surface area (Å²) in [6, 6.07) is 9.56. The van der Waals surface area contributed by atoms with Crippen LogP contribution in [0, 0.1) is 6.92 Å². The van der Waals surface area contributed by atoms with E-state index >= 15 is 0 Å². The van der Waals surface area contributed by atoms with Crippen molar-refractivity contribution >= 4 is 49.7 Å². The molecular weight excluding hydrogens is 446 g/mol. The van der Waals surface area contributed by atoms with Crippen LogP contribution in [-0.2, 0) is 14.8 Å². The topological polar surface area (TPSA) is 127 Å². The highest BCUT2D eigenvalue weighted by Gasteiger charge is 2.46. The van der Waals surface area contributed by atoms with Crippen LogP contribution >= 0.6 is 22.9 Å². The van der Waals surface area contributed by atoms with Crippen LogP contribution in [0.5, 0.6) is 0 Å². The Hall–Kier alpha value is -2.53. The fraction of sp³-hybridized carbons (Fsp3) is 0.211. The third-order valence-electron chi connectivity index (χ3n) is 4.66. The minimum absolute atomic E-state index is 0.0211. The molecule has 0 saturated heterocycles. The van der Waals surface area contributed by atoms with Crippen LogP contribution in [0.15, 0.2) is 47.5 Å². The maximum absolute atomic E-state index is 12.6. The number of amides is 1. The van der Waals surface area contributed by atoms with E-state index in [1.807, 2.05) is 0 Å². The van der Waals surface area contributed by atoms with Gasteiger partial charge in [-0.25, -0.2) is 18.4 Å². The molecule has 0 aliphatic heterocycles. The third-order valence-corrected chi connectivity index (χ3v) is 7.46. The van der Waals surface area contributed by atoms with Gasteiger partial charge in [-0.3, -0.25) is 9.52 Å². The molecule has 30 heavy (non-hydrogen) atoms. The number of aryl methyl sites for hydroxylation is 1. The van der Waals surface area contributed by atoms with E-state index in [2.05, 4.69) is 20.0 Å². The molecule has 2 heterocycles. The van der Waals surface area contributed by atoms with Crippen LogP contribution in [0.2, 0.25) is 5.15 Å². The highest BCUT2D eigenvalue weighted by atomic mass is 35.5. The van der Waals surface area contributed by atoms with Crippen molar-refractivity contribution in [2.75, 3.05) is 10.0 Å². The van der Waals surface area contributed by atoms with Gasteiger partial charge in [-0.15, -0.1) is 0 Å². The first-order valence-corrected chi connectivity index (χ1v) is 11.7. The summed E-state index contributed by atoms with van der Waals surface area (Å²) in [5.41, 5.74) is 6.54. The number of pyridine rings is 1. The van der Waals surface area contributed by atoms with E-state index in [1.54, 1.807) is 31.2 Å². The number of thiazole rings is 1. The minimum atomic E-state index is -3.82. The van der Waals surface area contributed by atoms with Gasteiger partial charge in [-0.05, 0) is 38.0 Å². The molecule has 0 bridgehead atoms. The smallest absolute Gasteiger partial charge is 0.261 e. The number of carbonyl (C=O) groups excluding carboxylic acids is 1. The SMILES string of the molecule is Cc1nc(NC(=O)C2(N)CC2)sc1-c1cnc(Cl)c(NS(=O)(=O)c2ccccc2)c1. The first-order chi connectivity index (χ1) is 14.2. The lowest BCUT2D eigenvalue weighted by molar-refractivity contribution is -0.118. The second-order valence-corrected chi connectivity index (χ2v) is 10.1. The quantitative estimate of drug-likeness (QED) is 0.481. The number of carbonyl (C=O) groups is 1. The van der Waals surface area contributed by atoms with E-state index < -0.39 is 15.6 Å². The van der Waals surface area contributed by atoms with E-state index in [-0.39, 0.29) is 21.6 Å². The minimum Gasteiger partial charge on any atom is -0.317 e. The van der Waals surface area contributed by atoms with Crippen molar-refractivity contribution in [3.63, 3.8) is 0 Å². The van der Waals surface area contributed by atoms with Gasteiger partial charge < -0.3 is 11.1 Å². The Morgan fingerprint density at radius 2 is 1.97 bits per heavy atom. The van der Waals surface area contributed by atoms with Gasteiger partial charge in [0.1, 0.15) is 0 Å². The molecule has 8 nitrogen and oxygen atoms in total. The molecular formula is C19H18ClN5O3S2. The zero-order chi connectivity index (χ0) is 21.5. The van der Waals surface area contributed by atoms with E-state index in [0.29, 0.717) is 29.2 Å². The van der Waals surface area contributed by atoms with Gasteiger partial charge in [0, 0.05) is 11.8 Å². The average molecular weight is 464 g/mol. The Morgan fingerprint density at radius 3 is 2.63 bits per heavy atom. The molecule has 1 aliphatic rings. The van der Waals surface area contributed by atoms with E-state index in [0.717, 1.165) is 4.88 Å². The van der Waals surface area contributed by atoms with Crippen molar-refractivity contribution in [1.82, 2.24) is 9.97 Å². The monoisotopic (exact) mass is 463 g/mol. The largest absolute Gasteiger partial charge is 0.317 e. The maximum atomic E-state index is 12.6. The van der Waals surface area contributed by atoms with E-state index in [4.69, 9.17) is 17.3 Å². The van der Waals surface area contributed by atoms with Crippen LogP contribution in [0.4, 0.5) is 10.8 Å². The lowest BCUT2D eigenvalue weighted by Gasteiger charge is -2.10. The highest BCUT2D eigenvalue weighted by molar-refractivity contribution is 7.92. The normalized spacial score (nSPS) is 14.9. The average Bonchev–Trinajstić information content (AvgIpc) is 3.37. The van der Waals surface area contributed by atoms with Crippen molar-refractivity contribution in [2.45, 2.75) is 30.2 Å². The van der Waals surface area contributed by atoms with Crippen molar-refractivity contribution < 1.29 is 13.2 Å². The molecule has 0 unspecified atom stereocenters. The number of sulfonamides is 1. The van der Waals surface area contributed by atoms with Gasteiger partial charge >= 0.3 is 0 Å². The number of anilines is 2. The molecule has 4 N–H and O–H groups in total. The standard InChI is InChI=1S/C19H18ClN5O3S2/c1-11-15(29-18(23-11)24-17(26)19(21)7-8-19)12-9-14(16(20)22-10-12)25-30(27,28)13-5-3-2-4-6-13/h2-6,9-10,25H,7-8,21H2,1H3,(H,23,24,26). The summed E-state index contributed by atoms with van der Waals surface area (Å²) in [6.45, 7) is 1.79. The second kappa shape index (κ2) is 7.62. The number of hydrogen-bond donors (Lipinski definition) is 3. The molecule has 0 atom stereocenters. The van der Waals surface area contributed by atoms with Crippen LogP contribution in [0.1, 0.15) is 18.5 Å². The Labute approximate surface area is 182 Å². The van der Waals surface area contributed by atoms with E-state index in [1.165, 1.54) is 29.7 Å². The summed E-state index contributed by atoms with van der Waals surface area (Å²) < 4.78 is 27.7. The first kappa shape index (κ1) is 20.7. The lowest BCUT2D eigenvalue weighted by atomic mass is 10.2. The number of nitrogens with two attached hydrogens (primary N) is 1. The van der Waals surface area contributed by atoms with Crippen LogP contribution < -0.4 is 15.8 Å². The van der Waals surface area contributed by atoms with Crippen molar-refractivity contribution in [1.29, 1.82) is 0 Å². The van der Waals surface area contributed by atoms with Gasteiger partial charge in [0.15, 0.2) is 10.3 Å². The Balaban J connectivity index is 1.61. The number of nitrogens with zero attached hydrogens (tertiary/aromatic N) is 2. The summed E-state index contributed by atoms with van der Waals surface area (Å²) in [5.74, 6) is -0.256. The number of hydrogen-bond acceptors (Lipinski definition) is 7. The number of benzene rings is 1. The van der Waals surface area contributed by atoms with Gasteiger partial charge in [-0.1, -0.05) is 41.1 Å².